The molecule has 0 saturated heterocycles. The topological polar surface area (TPSA) is 72.9 Å². The lowest BCUT2D eigenvalue weighted by molar-refractivity contribution is -0.121. The van der Waals surface area contributed by atoms with Crippen LogP contribution in [-0.2, 0) is 4.79 Å². The number of amides is 1. The lowest BCUT2D eigenvalue weighted by Gasteiger charge is -2.14. The molecule has 0 aliphatic carbocycles. The van der Waals surface area contributed by atoms with Gasteiger partial charge in [-0.2, -0.15) is 5.10 Å². The van der Waals surface area contributed by atoms with Crippen molar-refractivity contribution < 1.29 is 4.79 Å². The fourth-order valence-electron chi connectivity index (χ4n) is 3.01. The second-order valence-corrected chi connectivity index (χ2v) is 5.92. The van der Waals surface area contributed by atoms with Gasteiger partial charge >= 0.3 is 0 Å². The van der Waals surface area contributed by atoms with Crippen molar-refractivity contribution in [1.29, 1.82) is 0 Å². The maximum Gasteiger partial charge on any atom is 0.221 e. The van der Waals surface area contributed by atoms with E-state index in [9.17, 15) is 4.79 Å². The maximum absolute atomic E-state index is 11.8. The average Bonchev–Trinajstić information content (AvgIpc) is 2.96. The molecule has 1 amide bonds. The molecule has 0 aliphatic rings. The van der Waals surface area contributed by atoms with E-state index in [-0.39, 0.29) is 11.9 Å². The Hall–Kier alpha value is -2.66. The molecule has 0 spiro atoms. The molecule has 1 heterocycles. The summed E-state index contributed by atoms with van der Waals surface area (Å²) in [5.74, 6) is -0.0395. The number of benzene rings is 2. The Balaban J connectivity index is 1.96. The Morgan fingerprint density at radius 2 is 2.00 bits per heavy atom. The third kappa shape index (κ3) is 3.03. The van der Waals surface area contributed by atoms with Gasteiger partial charge in [0.1, 0.15) is 0 Å². The summed E-state index contributed by atoms with van der Waals surface area (Å²) in [5, 5.41) is 9.85. The summed E-state index contributed by atoms with van der Waals surface area (Å²) >= 11 is 0. The summed E-state index contributed by atoms with van der Waals surface area (Å²) in [6.45, 7) is 4.34. The molecule has 3 N–H and O–H groups in total. The minimum atomic E-state index is -0.104. The Bertz CT molecular complexity index is 863. The van der Waals surface area contributed by atoms with Gasteiger partial charge in [-0.15, -0.1) is 0 Å². The highest BCUT2D eigenvalue weighted by molar-refractivity contribution is 5.90. The Kier molecular flexibility index (Phi) is 4.62. The monoisotopic (exact) mass is 322 g/mol. The highest BCUT2D eigenvalue weighted by Gasteiger charge is 2.16. The van der Waals surface area contributed by atoms with Gasteiger partial charge in [-0.05, 0) is 25.3 Å². The molecular formula is C19H22N4O. The quantitative estimate of drug-likeness (QED) is 0.758. The van der Waals surface area contributed by atoms with Gasteiger partial charge in [-0.1, -0.05) is 36.4 Å². The number of aromatic nitrogens is 2. The number of nitrogens with two attached hydrogens (primary N) is 1. The Morgan fingerprint density at radius 3 is 2.79 bits per heavy atom. The van der Waals surface area contributed by atoms with Crippen molar-refractivity contribution in [1.82, 2.24) is 15.1 Å². The summed E-state index contributed by atoms with van der Waals surface area (Å²) in [7, 11) is 0. The normalized spacial score (nSPS) is 12.3. The van der Waals surface area contributed by atoms with E-state index < -0.39 is 0 Å². The van der Waals surface area contributed by atoms with Gasteiger partial charge in [0.2, 0.25) is 5.91 Å². The van der Waals surface area contributed by atoms with E-state index in [1.54, 1.807) is 0 Å². The average molecular weight is 322 g/mol. The van der Waals surface area contributed by atoms with Gasteiger partial charge in [0.15, 0.2) is 0 Å². The van der Waals surface area contributed by atoms with E-state index in [4.69, 9.17) is 5.73 Å². The van der Waals surface area contributed by atoms with Crippen molar-refractivity contribution >= 4 is 16.7 Å². The van der Waals surface area contributed by atoms with E-state index >= 15 is 0 Å². The van der Waals surface area contributed by atoms with Gasteiger partial charge in [-0.25, -0.2) is 4.68 Å². The Morgan fingerprint density at radius 1 is 1.25 bits per heavy atom. The lowest BCUT2D eigenvalue weighted by atomic mass is 10.1. The van der Waals surface area contributed by atoms with Crippen LogP contribution in [0.25, 0.3) is 16.5 Å². The minimum absolute atomic E-state index is 0.0395. The largest absolute Gasteiger partial charge is 0.349 e. The zero-order valence-electron chi connectivity index (χ0n) is 14.0. The molecule has 5 heteroatoms. The second-order valence-electron chi connectivity index (χ2n) is 5.92. The zero-order valence-corrected chi connectivity index (χ0v) is 14.0. The number of rotatable bonds is 5. The molecule has 0 aliphatic heterocycles. The Labute approximate surface area is 141 Å². The van der Waals surface area contributed by atoms with Gasteiger partial charge in [0.25, 0.3) is 0 Å². The van der Waals surface area contributed by atoms with Crippen LogP contribution < -0.4 is 11.1 Å². The molecule has 1 aromatic heterocycles. The molecule has 3 rings (SSSR count). The molecule has 1 atom stereocenters. The zero-order chi connectivity index (χ0) is 17.1. The molecule has 0 bridgehead atoms. The van der Waals surface area contributed by atoms with E-state index in [0.717, 1.165) is 22.3 Å². The van der Waals surface area contributed by atoms with Gasteiger partial charge < -0.3 is 11.1 Å². The molecule has 0 saturated carbocycles. The number of fused-ring (bicyclic) bond motifs is 1. The predicted octanol–water partition coefficient (Wildman–Crippen LogP) is 2.86. The number of carbonyl (C=O) groups is 1. The van der Waals surface area contributed by atoms with Gasteiger partial charge in [0.05, 0.1) is 17.9 Å². The fourth-order valence-corrected chi connectivity index (χ4v) is 3.01. The van der Waals surface area contributed by atoms with Crippen LogP contribution in [0.1, 0.15) is 30.6 Å². The van der Waals surface area contributed by atoms with E-state index in [1.165, 1.54) is 5.39 Å². The maximum atomic E-state index is 11.8. The first kappa shape index (κ1) is 16.2. The summed E-state index contributed by atoms with van der Waals surface area (Å²) in [6, 6.07) is 14.3. The molecule has 124 valence electrons. The molecule has 3 aromatic rings. The van der Waals surface area contributed by atoms with Crippen molar-refractivity contribution in [3.8, 4) is 5.69 Å². The van der Waals surface area contributed by atoms with E-state index in [1.807, 2.05) is 42.9 Å². The highest BCUT2D eigenvalue weighted by Crippen LogP contribution is 2.25. The van der Waals surface area contributed by atoms with E-state index in [0.29, 0.717) is 13.0 Å². The molecule has 0 unspecified atom stereocenters. The summed E-state index contributed by atoms with van der Waals surface area (Å²) in [5.41, 5.74) is 8.50. The summed E-state index contributed by atoms with van der Waals surface area (Å²) in [6.07, 6.45) is 2.16. The van der Waals surface area contributed by atoms with Crippen molar-refractivity contribution in [3.05, 3.63) is 59.9 Å². The number of carbonyl (C=O) groups excluding carboxylic acids is 1. The van der Waals surface area contributed by atoms with Crippen molar-refractivity contribution in [2.75, 3.05) is 6.54 Å². The first-order chi connectivity index (χ1) is 11.6. The third-order valence-corrected chi connectivity index (χ3v) is 4.26. The molecule has 0 fully saturated rings. The highest BCUT2D eigenvalue weighted by atomic mass is 16.1. The summed E-state index contributed by atoms with van der Waals surface area (Å²) < 4.78 is 1.93. The molecule has 24 heavy (non-hydrogen) atoms. The first-order valence-corrected chi connectivity index (χ1v) is 8.14. The van der Waals surface area contributed by atoms with Crippen LogP contribution in [0, 0.1) is 6.92 Å². The van der Waals surface area contributed by atoms with Crippen LogP contribution in [-0.4, -0.2) is 22.2 Å². The van der Waals surface area contributed by atoms with Crippen LogP contribution in [0.15, 0.2) is 48.7 Å². The van der Waals surface area contributed by atoms with Crippen LogP contribution in [0.4, 0.5) is 0 Å². The number of nitrogens with one attached hydrogen (secondary N) is 1. The van der Waals surface area contributed by atoms with Crippen LogP contribution >= 0.6 is 0 Å². The van der Waals surface area contributed by atoms with Crippen LogP contribution in [0.3, 0.4) is 0 Å². The van der Waals surface area contributed by atoms with Gasteiger partial charge in [-0.3, -0.25) is 4.79 Å². The van der Waals surface area contributed by atoms with Crippen LogP contribution in [0.5, 0.6) is 0 Å². The third-order valence-electron chi connectivity index (χ3n) is 4.26. The fraction of sp³-hybridized carbons (Fsp3) is 0.263. The van der Waals surface area contributed by atoms with Crippen molar-refractivity contribution in [2.45, 2.75) is 26.3 Å². The smallest absolute Gasteiger partial charge is 0.221 e. The number of hydrogen-bond donors (Lipinski definition) is 2. The lowest BCUT2D eigenvalue weighted by Crippen LogP contribution is -2.28. The SMILES string of the molecule is Cc1c([C@H](C)NC(=O)CCN)cnn1-c1cccc2ccccc12. The van der Waals surface area contributed by atoms with Crippen LogP contribution in [0.2, 0.25) is 0 Å². The van der Waals surface area contributed by atoms with Gasteiger partial charge in [0, 0.05) is 29.6 Å². The van der Waals surface area contributed by atoms with Crippen molar-refractivity contribution in [2.24, 2.45) is 5.73 Å². The molecule has 5 nitrogen and oxygen atoms in total. The predicted molar refractivity (Wildman–Crippen MR) is 96.0 cm³/mol. The molecular weight excluding hydrogens is 300 g/mol. The standard InChI is InChI=1S/C19H22N4O/c1-13(22-19(24)10-11-20)17-12-21-23(14(17)2)18-9-5-7-15-6-3-4-8-16(15)18/h3-9,12-13H,10-11,20H2,1-2H3,(H,22,24)/t13-/m0/s1. The summed E-state index contributed by atoms with van der Waals surface area (Å²) in [4.78, 5) is 11.8. The number of hydrogen-bond acceptors (Lipinski definition) is 3. The van der Waals surface area contributed by atoms with Crippen molar-refractivity contribution in [3.63, 3.8) is 0 Å². The molecule has 0 radical (unpaired) electrons. The first-order valence-electron chi connectivity index (χ1n) is 8.14. The minimum Gasteiger partial charge on any atom is -0.349 e. The second kappa shape index (κ2) is 6.84. The number of nitrogens with zero attached hydrogens (tertiary/aromatic N) is 2. The van der Waals surface area contributed by atoms with E-state index in [2.05, 4.69) is 34.7 Å². The molecule has 2 aromatic carbocycles.